The summed E-state index contributed by atoms with van der Waals surface area (Å²) in [5, 5.41) is 13.3. The molecule has 0 saturated carbocycles. The Hall–Kier alpha value is -4.90. The van der Waals surface area contributed by atoms with Gasteiger partial charge in [-0.15, -0.1) is 5.06 Å². The number of pyridine rings is 1. The number of benzene rings is 2. The van der Waals surface area contributed by atoms with Crippen LogP contribution < -0.4 is 4.74 Å². The second-order valence-corrected chi connectivity index (χ2v) is 9.20. The van der Waals surface area contributed by atoms with Crippen molar-refractivity contribution in [2.45, 2.75) is 13.0 Å². The molecule has 0 fully saturated rings. The molecule has 6 rings (SSSR count). The van der Waals surface area contributed by atoms with E-state index in [1.165, 1.54) is 11.2 Å². The summed E-state index contributed by atoms with van der Waals surface area (Å²) in [6.07, 6.45) is 3.09. The molecule has 0 aliphatic carbocycles. The summed E-state index contributed by atoms with van der Waals surface area (Å²) in [6, 6.07) is 17.3. The monoisotopic (exact) mass is 524 g/mol. The summed E-state index contributed by atoms with van der Waals surface area (Å²) in [4.78, 5) is 48.4. The van der Waals surface area contributed by atoms with E-state index in [-0.39, 0.29) is 31.0 Å². The van der Waals surface area contributed by atoms with Gasteiger partial charge in [0.15, 0.2) is 5.84 Å². The van der Waals surface area contributed by atoms with E-state index in [2.05, 4.69) is 10.1 Å². The van der Waals surface area contributed by atoms with E-state index in [0.717, 1.165) is 16.3 Å². The zero-order valence-electron chi connectivity index (χ0n) is 21.2. The van der Waals surface area contributed by atoms with Crippen molar-refractivity contribution in [2.24, 2.45) is 16.1 Å². The second-order valence-electron chi connectivity index (χ2n) is 9.20. The third kappa shape index (κ3) is 4.12. The molecule has 0 bridgehead atoms. The molecule has 3 aromatic rings. The van der Waals surface area contributed by atoms with Gasteiger partial charge in [-0.2, -0.15) is 15.2 Å². The number of imide groups is 1. The number of aromatic nitrogens is 1. The molecule has 11 nitrogen and oxygen atoms in total. The van der Waals surface area contributed by atoms with Gasteiger partial charge < -0.3 is 4.74 Å². The van der Waals surface area contributed by atoms with Crippen LogP contribution in [-0.4, -0.2) is 69.6 Å². The molecule has 0 saturated heterocycles. The molecule has 11 heteroatoms. The number of hydrogen-bond acceptors (Lipinski definition) is 9. The Morgan fingerprint density at radius 3 is 2.31 bits per heavy atom. The first kappa shape index (κ1) is 24.4. The molecule has 0 N–H and O–H groups in total. The van der Waals surface area contributed by atoms with Crippen molar-refractivity contribution in [3.63, 3.8) is 0 Å². The fraction of sp³-hybridized carbons (Fsp3) is 0.214. The SMILES string of the molecule is COc1ccc(C2C3C(C)=NN(C(=O)c4cccnc4)C3=NN2CCON2C(=O)c3ccccc3C2=O)cc1. The van der Waals surface area contributed by atoms with Crippen molar-refractivity contribution in [1.82, 2.24) is 20.1 Å². The molecule has 3 amide bonds. The lowest BCUT2D eigenvalue weighted by Crippen LogP contribution is -2.35. The maximum atomic E-state index is 13.3. The number of hydrazone groups is 2. The molecule has 2 atom stereocenters. The highest BCUT2D eigenvalue weighted by atomic mass is 16.7. The van der Waals surface area contributed by atoms with Gasteiger partial charge in [0, 0.05) is 18.1 Å². The number of nitrogens with zero attached hydrogens (tertiary/aromatic N) is 6. The average Bonchev–Trinajstić information content (AvgIpc) is 3.59. The third-order valence-corrected chi connectivity index (χ3v) is 6.93. The molecule has 4 heterocycles. The van der Waals surface area contributed by atoms with E-state index >= 15 is 0 Å². The van der Waals surface area contributed by atoms with Crippen LogP contribution in [0.2, 0.25) is 0 Å². The first-order chi connectivity index (χ1) is 19.0. The van der Waals surface area contributed by atoms with Gasteiger partial charge in [0.1, 0.15) is 5.75 Å². The van der Waals surface area contributed by atoms with E-state index in [0.29, 0.717) is 28.3 Å². The van der Waals surface area contributed by atoms with Gasteiger partial charge >= 0.3 is 0 Å². The van der Waals surface area contributed by atoms with Crippen LogP contribution in [0, 0.1) is 5.92 Å². The van der Waals surface area contributed by atoms with Crippen LogP contribution >= 0.6 is 0 Å². The predicted molar refractivity (Wildman–Crippen MR) is 140 cm³/mol. The van der Waals surface area contributed by atoms with Crippen LogP contribution in [0.15, 0.2) is 83.3 Å². The summed E-state index contributed by atoms with van der Waals surface area (Å²) >= 11 is 0. The Morgan fingerprint density at radius 1 is 0.949 bits per heavy atom. The van der Waals surface area contributed by atoms with Crippen LogP contribution in [0.4, 0.5) is 0 Å². The van der Waals surface area contributed by atoms with Crippen LogP contribution in [0.25, 0.3) is 0 Å². The van der Waals surface area contributed by atoms with Crippen molar-refractivity contribution in [3.05, 3.63) is 95.3 Å². The van der Waals surface area contributed by atoms with Gasteiger partial charge in [-0.05, 0) is 48.9 Å². The van der Waals surface area contributed by atoms with Gasteiger partial charge in [-0.25, -0.2) is 0 Å². The third-order valence-electron chi connectivity index (χ3n) is 6.93. The van der Waals surface area contributed by atoms with Gasteiger partial charge in [-0.1, -0.05) is 24.3 Å². The van der Waals surface area contributed by atoms with E-state index < -0.39 is 11.8 Å². The van der Waals surface area contributed by atoms with Crippen molar-refractivity contribution < 1.29 is 24.0 Å². The fourth-order valence-corrected chi connectivity index (χ4v) is 5.06. The number of methoxy groups -OCH3 is 1. The molecule has 0 spiro atoms. The molecular formula is C28H24N6O5. The molecule has 196 valence electrons. The minimum Gasteiger partial charge on any atom is -0.497 e. The Balaban J connectivity index is 1.26. The van der Waals surface area contributed by atoms with Crippen molar-refractivity contribution in [1.29, 1.82) is 0 Å². The van der Waals surface area contributed by atoms with Gasteiger partial charge in [0.2, 0.25) is 0 Å². The predicted octanol–water partition coefficient (Wildman–Crippen LogP) is 3.14. The summed E-state index contributed by atoms with van der Waals surface area (Å²) in [5.41, 5.74) is 2.68. The number of carbonyl (C=O) groups excluding carboxylic acids is 3. The zero-order valence-corrected chi connectivity index (χ0v) is 21.2. The highest BCUT2D eigenvalue weighted by Gasteiger charge is 2.48. The average molecular weight is 525 g/mol. The Kier molecular flexibility index (Phi) is 6.12. The number of fused-ring (bicyclic) bond motifs is 2. The molecule has 3 aliphatic rings. The summed E-state index contributed by atoms with van der Waals surface area (Å²) in [5.74, 6) is -0.419. The first-order valence-corrected chi connectivity index (χ1v) is 12.4. The van der Waals surface area contributed by atoms with Gasteiger partial charge in [-0.3, -0.25) is 29.2 Å². The number of ether oxygens (including phenoxy) is 1. The molecule has 2 aromatic carbocycles. The number of rotatable bonds is 7. The van der Waals surface area contributed by atoms with Crippen molar-refractivity contribution in [3.8, 4) is 5.75 Å². The summed E-state index contributed by atoms with van der Waals surface area (Å²) in [7, 11) is 1.60. The lowest BCUT2D eigenvalue weighted by atomic mass is 9.89. The minimum atomic E-state index is -0.497. The second kappa shape index (κ2) is 9.76. The Morgan fingerprint density at radius 2 is 1.67 bits per heavy atom. The number of amidine groups is 1. The number of hydroxylamine groups is 2. The van der Waals surface area contributed by atoms with Gasteiger partial charge in [0.05, 0.1) is 48.9 Å². The molecular weight excluding hydrogens is 500 g/mol. The molecule has 39 heavy (non-hydrogen) atoms. The molecule has 1 aromatic heterocycles. The van der Waals surface area contributed by atoms with E-state index in [1.807, 2.05) is 36.2 Å². The van der Waals surface area contributed by atoms with Crippen LogP contribution in [0.5, 0.6) is 5.75 Å². The minimum absolute atomic E-state index is 0.00830. The number of amides is 3. The number of carbonyl (C=O) groups is 3. The highest BCUT2D eigenvalue weighted by Crippen LogP contribution is 2.41. The fourth-order valence-electron chi connectivity index (χ4n) is 5.06. The topological polar surface area (TPSA) is 117 Å². The smallest absolute Gasteiger partial charge is 0.285 e. The maximum Gasteiger partial charge on any atom is 0.285 e. The normalized spacial score (nSPS) is 19.7. The van der Waals surface area contributed by atoms with Crippen LogP contribution in [0.3, 0.4) is 0 Å². The summed E-state index contributed by atoms with van der Waals surface area (Å²) in [6.45, 7) is 2.12. The Bertz CT molecular complexity index is 1490. The first-order valence-electron chi connectivity index (χ1n) is 12.4. The lowest BCUT2D eigenvalue weighted by molar-refractivity contribution is -0.0971. The Labute approximate surface area is 223 Å². The van der Waals surface area contributed by atoms with Crippen LogP contribution in [-0.2, 0) is 4.84 Å². The largest absolute Gasteiger partial charge is 0.497 e. The molecule has 0 radical (unpaired) electrons. The summed E-state index contributed by atoms with van der Waals surface area (Å²) < 4.78 is 5.32. The molecule has 3 aliphatic heterocycles. The van der Waals surface area contributed by atoms with E-state index in [9.17, 15) is 14.4 Å². The number of hydrogen-bond donors (Lipinski definition) is 0. The zero-order chi connectivity index (χ0) is 27.1. The van der Waals surface area contributed by atoms with Crippen molar-refractivity contribution in [2.75, 3.05) is 20.3 Å². The standard InChI is InChI=1S/C28H24N6O5/c1-17-23-24(18-9-11-20(38-2)12-10-18)32(31-25(23)33(30-17)26(35)19-6-5-13-29-16-19)14-15-39-34-27(36)21-7-3-4-8-22(21)28(34)37/h3-13,16,23-24H,14-15H2,1-2H3. The quantitative estimate of drug-likeness (QED) is 0.436. The lowest BCUT2D eigenvalue weighted by Gasteiger charge is -2.27. The molecule has 2 unspecified atom stereocenters. The van der Waals surface area contributed by atoms with Crippen LogP contribution in [0.1, 0.15) is 49.6 Å². The van der Waals surface area contributed by atoms with E-state index in [4.69, 9.17) is 14.7 Å². The van der Waals surface area contributed by atoms with E-state index in [1.54, 1.807) is 49.7 Å². The van der Waals surface area contributed by atoms with Crippen molar-refractivity contribution >= 4 is 29.3 Å². The maximum absolute atomic E-state index is 13.3. The highest BCUT2D eigenvalue weighted by molar-refractivity contribution is 6.20. The van der Waals surface area contributed by atoms with Gasteiger partial charge in [0.25, 0.3) is 17.7 Å².